The first-order valence-corrected chi connectivity index (χ1v) is 5.60. The first-order chi connectivity index (χ1) is 6.52. The molecule has 0 aromatic heterocycles. The fraction of sp³-hybridized carbons (Fsp3) is 0.917. The third-order valence-corrected chi connectivity index (χ3v) is 2.52. The quantitative estimate of drug-likeness (QED) is 0.546. The van der Waals surface area contributed by atoms with Gasteiger partial charge in [-0.1, -0.05) is 27.7 Å². The number of rotatable bonds is 2. The highest BCUT2D eigenvalue weighted by molar-refractivity contribution is 5.78. The Hall–Kier alpha value is -0.730. The number of nitrogens with two attached hydrogens (primary N) is 1. The van der Waals surface area contributed by atoms with E-state index in [2.05, 4.69) is 58.8 Å². The van der Waals surface area contributed by atoms with Crippen molar-refractivity contribution in [3.05, 3.63) is 0 Å². The monoisotopic (exact) mass is 213 g/mol. The molecule has 0 saturated carbocycles. The van der Waals surface area contributed by atoms with Gasteiger partial charge < -0.3 is 11.1 Å². The predicted octanol–water partition coefficient (Wildman–Crippen LogP) is 2.37. The van der Waals surface area contributed by atoms with Crippen LogP contribution in [0.3, 0.4) is 0 Å². The van der Waals surface area contributed by atoms with Crippen LogP contribution < -0.4 is 11.1 Å². The van der Waals surface area contributed by atoms with E-state index in [1.807, 2.05) is 0 Å². The van der Waals surface area contributed by atoms with Crippen LogP contribution in [0, 0.1) is 11.3 Å². The highest BCUT2D eigenvalue weighted by atomic mass is 15.1. The molecule has 1 atom stereocenters. The number of hydrogen-bond donors (Lipinski definition) is 2. The molecule has 90 valence electrons. The van der Waals surface area contributed by atoms with Gasteiger partial charge in [0.1, 0.15) is 0 Å². The van der Waals surface area contributed by atoms with Gasteiger partial charge >= 0.3 is 0 Å². The molecule has 0 radical (unpaired) electrons. The molecule has 3 heteroatoms. The lowest BCUT2D eigenvalue weighted by atomic mass is 9.82. The Morgan fingerprint density at radius 1 is 1.20 bits per heavy atom. The first kappa shape index (κ1) is 14.3. The van der Waals surface area contributed by atoms with Gasteiger partial charge in [-0.3, -0.25) is 4.99 Å². The largest absolute Gasteiger partial charge is 0.370 e. The van der Waals surface area contributed by atoms with E-state index in [0.717, 1.165) is 6.54 Å². The summed E-state index contributed by atoms with van der Waals surface area (Å²) in [5.41, 5.74) is 6.06. The van der Waals surface area contributed by atoms with Crippen molar-refractivity contribution in [2.75, 3.05) is 6.54 Å². The zero-order valence-electron chi connectivity index (χ0n) is 11.3. The minimum Gasteiger partial charge on any atom is -0.370 e. The summed E-state index contributed by atoms with van der Waals surface area (Å²) in [6.07, 6.45) is 0. The van der Waals surface area contributed by atoms with Crippen molar-refractivity contribution in [1.29, 1.82) is 0 Å². The van der Waals surface area contributed by atoms with Gasteiger partial charge in [-0.25, -0.2) is 0 Å². The van der Waals surface area contributed by atoms with Crippen LogP contribution in [0.15, 0.2) is 4.99 Å². The number of guanidine groups is 1. The van der Waals surface area contributed by atoms with Crippen LogP contribution in [0.4, 0.5) is 0 Å². The summed E-state index contributed by atoms with van der Waals surface area (Å²) in [7, 11) is 0. The Morgan fingerprint density at radius 2 is 1.67 bits per heavy atom. The van der Waals surface area contributed by atoms with Gasteiger partial charge in [0.2, 0.25) is 0 Å². The van der Waals surface area contributed by atoms with Crippen molar-refractivity contribution >= 4 is 5.96 Å². The molecule has 0 amide bonds. The second kappa shape index (κ2) is 4.86. The van der Waals surface area contributed by atoms with Crippen molar-refractivity contribution in [2.24, 2.45) is 22.1 Å². The number of aliphatic imine (C=N–C) groups is 1. The highest BCUT2D eigenvalue weighted by Crippen LogP contribution is 2.25. The van der Waals surface area contributed by atoms with E-state index >= 15 is 0 Å². The Kier molecular flexibility index (Phi) is 4.63. The topological polar surface area (TPSA) is 50.4 Å². The van der Waals surface area contributed by atoms with E-state index in [4.69, 9.17) is 5.73 Å². The molecule has 0 rings (SSSR count). The van der Waals surface area contributed by atoms with Gasteiger partial charge in [0, 0.05) is 12.1 Å². The molecule has 15 heavy (non-hydrogen) atoms. The Balaban J connectivity index is 4.18. The first-order valence-electron chi connectivity index (χ1n) is 5.60. The lowest BCUT2D eigenvalue weighted by molar-refractivity contribution is 0.269. The molecule has 0 fully saturated rings. The second-order valence-electron chi connectivity index (χ2n) is 6.37. The number of hydrogen-bond acceptors (Lipinski definition) is 1. The maximum absolute atomic E-state index is 5.79. The van der Waals surface area contributed by atoms with Gasteiger partial charge in [-0.05, 0) is 32.1 Å². The van der Waals surface area contributed by atoms with Crippen LogP contribution in [-0.4, -0.2) is 18.0 Å². The van der Waals surface area contributed by atoms with Crippen LogP contribution >= 0.6 is 0 Å². The smallest absolute Gasteiger partial charge is 0.188 e. The van der Waals surface area contributed by atoms with Gasteiger partial charge in [-0.2, -0.15) is 0 Å². The number of nitrogens with zero attached hydrogens (tertiary/aromatic N) is 1. The molecule has 0 bridgehead atoms. The van der Waals surface area contributed by atoms with Crippen LogP contribution in [0.1, 0.15) is 48.5 Å². The van der Waals surface area contributed by atoms with Gasteiger partial charge in [0.05, 0.1) is 0 Å². The molecule has 0 aromatic rings. The summed E-state index contributed by atoms with van der Waals surface area (Å²) in [4.78, 5) is 4.36. The van der Waals surface area contributed by atoms with Crippen molar-refractivity contribution in [2.45, 2.75) is 54.0 Å². The molecule has 0 aliphatic heterocycles. The fourth-order valence-corrected chi connectivity index (χ4v) is 0.933. The lowest BCUT2D eigenvalue weighted by Gasteiger charge is -2.26. The SMILES string of the molecule is CC(CN=C(N)NC(C)(C)C)C(C)(C)C. The Bertz CT molecular complexity index is 218. The summed E-state index contributed by atoms with van der Waals surface area (Å²) < 4.78 is 0. The van der Waals surface area contributed by atoms with Crippen LogP contribution in [0.2, 0.25) is 0 Å². The molecule has 0 aliphatic carbocycles. The lowest BCUT2D eigenvalue weighted by Crippen LogP contribution is -2.45. The molecule has 0 aromatic carbocycles. The van der Waals surface area contributed by atoms with E-state index in [9.17, 15) is 0 Å². The summed E-state index contributed by atoms with van der Waals surface area (Å²) >= 11 is 0. The summed E-state index contributed by atoms with van der Waals surface area (Å²) in [6, 6.07) is 0. The second-order valence-corrected chi connectivity index (χ2v) is 6.37. The van der Waals surface area contributed by atoms with Gasteiger partial charge in [0.25, 0.3) is 0 Å². The van der Waals surface area contributed by atoms with Crippen molar-refractivity contribution in [1.82, 2.24) is 5.32 Å². The average molecular weight is 213 g/mol. The maximum atomic E-state index is 5.79. The highest BCUT2D eigenvalue weighted by Gasteiger charge is 2.19. The zero-order chi connectivity index (χ0) is 12.3. The molecular formula is C12H27N3. The van der Waals surface area contributed by atoms with E-state index in [-0.39, 0.29) is 11.0 Å². The van der Waals surface area contributed by atoms with Crippen molar-refractivity contribution in [3.8, 4) is 0 Å². The van der Waals surface area contributed by atoms with Crippen molar-refractivity contribution in [3.63, 3.8) is 0 Å². The standard InChI is InChI=1S/C12H27N3/c1-9(11(2,3)4)8-14-10(13)15-12(5,6)7/h9H,8H2,1-7H3,(H3,13,14,15). The van der Waals surface area contributed by atoms with Gasteiger partial charge in [0.15, 0.2) is 5.96 Å². The molecule has 0 saturated heterocycles. The van der Waals surface area contributed by atoms with E-state index in [1.54, 1.807) is 0 Å². The molecular weight excluding hydrogens is 186 g/mol. The molecule has 0 heterocycles. The summed E-state index contributed by atoms with van der Waals surface area (Å²) in [6.45, 7) is 15.9. The molecule has 3 N–H and O–H groups in total. The maximum Gasteiger partial charge on any atom is 0.188 e. The van der Waals surface area contributed by atoms with Crippen LogP contribution in [0.25, 0.3) is 0 Å². The molecule has 3 nitrogen and oxygen atoms in total. The van der Waals surface area contributed by atoms with E-state index in [1.165, 1.54) is 0 Å². The Labute approximate surface area is 94.5 Å². The molecule has 0 spiro atoms. The van der Waals surface area contributed by atoms with Crippen LogP contribution in [0.5, 0.6) is 0 Å². The number of nitrogens with one attached hydrogen (secondary N) is 1. The summed E-state index contributed by atoms with van der Waals surface area (Å²) in [5.74, 6) is 1.07. The molecule has 0 aliphatic rings. The van der Waals surface area contributed by atoms with Crippen molar-refractivity contribution < 1.29 is 0 Å². The van der Waals surface area contributed by atoms with E-state index < -0.39 is 0 Å². The molecule has 1 unspecified atom stereocenters. The third kappa shape index (κ3) is 7.23. The predicted molar refractivity (Wildman–Crippen MR) is 68.0 cm³/mol. The van der Waals surface area contributed by atoms with E-state index in [0.29, 0.717) is 11.9 Å². The zero-order valence-corrected chi connectivity index (χ0v) is 11.3. The minimum absolute atomic E-state index is 0.0153. The summed E-state index contributed by atoms with van der Waals surface area (Å²) in [5, 5.41) is 3.15. The van der Waals surface area contributed by atoms with Gasteiger partial charge in [-0.15, -0.1) is 0 Å². The normalized spacial score (nSPS) is 16.3. The minimum atomic E-state index is -0.0153. The average Bonchev–Trinajstić information content (AvgIpc) is 1.94. The fourth-order valence-electron chi connectivity index (χ4n) is 0.933. The van der Waals surface area contributed by atoms with Crippen LogP contribution in [-0.2, 0) is 0 Å². The third-order valence-electron chi connectivity index (χ3n) is 2.52. The Morgan fingerprint density at radius 3 is 2.00 bits per heavy atom.